The Bertz CT molecular complexity index is 971. The molecule has 1 aliphatic heterocycles. The molecule has 3 aromatic rings. The first-order valence-electron chi connectivity index (χ1n) is 9.91. The highest BCUT2D eigenvalue weighted by Crippen LogP contribution is 2.29. The molecule has 1 aliphatic rings. The van der Waals surface area contributed by atoms with Crippen LogP contribution in [0.15, 0.2) is 29.9 Å². The summed E-state index contributed by atoms with van der Waals surface area (Å²) < 4.78 is 1.83. The summed E-state index contributed by atoms with van der Waals surface area (Å²) in [5.41, 5.74) is 1.11. The Morgan fingerprint density at radius 3 is 2.79 bits per heavy atom. The van der Waals surface area contributed by atoms with E-state index in [0.717, 1.165) is 40.9 Å². The van der Waals surface area contributed by atoms with Gasteiger partial charge in [0.1, 0.15) is 11.5 Å². The van der Waals surface area contributed by atoms with E-state index in [1.807, 2.05) is 10.9 Å². The third-order valence-corrected chi connectivity index (χ3v) is 5.52. The molecule has 1 saturated heterocycles. The average Bonchev–Trinajstić information content (AvgIpc) is 3.17. The fourth-order valence-electron chi connectivity index (χ4n) is 3.41. The normalized spacial score (nSPS) is 14.3. The number of fused-ring (bicyclic) bond motifs is 1. The lowest BCUT2D eigenvalue weighted by atomic mass is 10.1. The van der Waals surface area contributed by atoms with E-state index in [-0.39, 0.29) is 5.91 Å². The third-order valence-electron chi connectivity index (χ3n) is 4.79. The van der Waals surface area contributed by atoms with Gasteiger partial charge < -0.3 is 10.2 Å². The van der Waals surface area contributed by atoms with Crippen LogP contribution >= 0.6 is 11.8 Å². The molecule has 4 rings (SSSR count). The maximum atomic E-state index is 12.2. The van der Waals surface area contributed by atoms with E-state index in [2.05, 4.69) is 32.2 Å². The molecule has 0 bridgehead atoms. The van der Waals surface area contributed by atoms with Crippen LogP contribution in [-0.4, -0.2) is 61.0 Å². The molecule has 3 aromatic heterocycles. The number of piperidine rings is 1. The van der Waals surface area contributed by atoms with E-state index in [1.165, 1.54) is 37.9 Å². The molecule has 1 fully saturated rings. The van der Waals surface area contributed by atoms with Crippen LogP contribution in [0.4, 0.5) is 5.82 Å². The fourth-order valence-corrected chi connectivity index (χ4v) is 3.97. The summed E-state index contributed by atoms with van der Waals surface area (Å²) in [5.74, 6) is 1.63. The van der Waals surface area contributed by atoms with Crippen molar-refractivity contribution in [3.63, 3.8) is 0 Å². The van der Waals surface area contributed by atoms with Crippen molar-refractivity contribution < 1.29 is 4.79 Å². The van der Waals surface area contributed by atoms with Crippen LogP contribution in [0.5, 0.6) is 0 Å². The highest BCUT2D eigenvalue weighted by atomic mass is 32.2. The van der Waals surface area contributed by atoms with E-state index in [4.69, 9.17) is 9.97 Å². The average molecular weight is 413 g/mol. The van der Waals surface area contributed by atoms with Gasteiger partial charge in [0.15, 0.2) is 10.8 Å². The molecule has 1 amide bonds. The van der Waals surface area contributed by atoms with Crippen molar-refractivity contribution in [2.45, 2.75) is 37.9 Å². The van der Waals surface area contributed by atoms with Gasteiger partial charge in [-0.05, 0) is 25.0 Å². The van der Waals surface area contributed by atoms with Crippen molar-refractivity contribution in [2.24, 2.45) is 0 Å². The van der Waals surface area contributed by atoms with Gasteiger partial charge in [0.05, 0.1) is 24.3 Å². The van der Waals surface area contributed by atoms with Crippen molar-refractivity contribution in [1.29, 1.82) is 0 Å². The van der Waals surface area contributed by atoms with Crippen LogP contribution in [0.2, 0.25) is 0 Å². The minimum atomic E-state index is -0.250. The lowest BCUT2D eigenvalue weighted by Crippen LogP contribution is -2.30. The minimum Gasteiger partial charge on any atom is -0.356 e. The lowest BCUT2D eigenvalue weighted by molar-refractivity contribution is 0.0946. The largest absolute Gasteiger partial charge is 0.356 e. The summed E-state index contributed by atoms with van der Waals surface area (Å²) in [6, 6.07) is 0. The van der Waals surface area contributed by atoms with Crippen LogP contribution in [0, 0.1) is 0 Å². The van der Waals surface area contributed by atoms with Gasteiger partial charge in [0, 0.05) is 32.0 Å². The SMILES string of the molecule is CCSc1nc(N2CCCCC2)c2cnn(CCNC(=O)c3cnccn3)c2n1. The lowest BCUT2D eigenvalue weighted by Gasteiger charge is -2.28. The Hall–Kier alpha value is -2.75. The Balaban J connectivity index is 1.53. The maximum Gasteiger partial charge on any atom is 0.271 e. The molecule has 10 heteroatoms. The number of hydrogen-bond donors (Lipinski definition) is 1. The van der Waals surface area contributed by atoms with Gasteiger partial charge in [0.25, 0.3) is 5.91 Å². The minimum absolute atomic E-state index is 0.250. The third kappa shape index (κ3) is 4.47. The van der Waals surface area contributed by atoms with Crippen molar-refractivity contribution in [3.05, 3.63) is 30.5 Å². The van der Waals surface area contributed by atoms with E-state index in [0.29, 0.717) is 18.8 Å². The van der Waals surface area contributed by atoms with Gasteiger partial charge in [-0.1, -0.05) is 18.7 Å². The second kappa shape index (κ2) is 9.17. The molecule has 0 saturated carbocycles. The van der Waals surface area contributed by atoms with Crippen LogP contribution in [0.1, 0.15) is 36.7 Å². The Labute approximate surface area is 173 Å². The highest BCUT2D eigenvalue weighted by molar-refractivity contribution is 7.99. The first-order chi connectivity index (χ1) is 14.3. The van der Waals surface area contributed by atoms with Gasteiger partial charge in [-0.15, -0.1) is 0 Å². The van der Waals surface area contributed by atoms with Crippen molar-refractivity contribution >= 4 is 34.5 Å². The highest BCUT2D eigenvalue weighted by Gasteiger charge is 2.20. The molecule has 1 N–H and O–H groups in total. The Morgan fingerprint density at radius 2 is 2.03 bits per heavy atom. The molecule has 9 nitrogen and oxygen atoms in total. The van der Waals surface area contributed by atoms with Gasteiger partial charge in [-0.3, -0.25) is 9.78 Å². The first-order valence-corrected chi connectivity index (χ1v) is 10.9. The second-order valence-electron chi connectivity index (χ2n) is 6.76. The monoisotopic (exact) mass is 412 g/mol. The molecule has 0 aliphatic carbocycles. The van der Waals surface area contributed by atoms with E-state index in [1.54, 1.807) is 11.8 Å². The zero-order chi connectivity index (χ0) is 20.1. The van der Waals surface area contributed by atoms with Gasteiger partial charge >= 0.3 is 0 Å². The van der Waals surface area contributed by atoms with Crippen molar-refractivity contribution in [3.8, 4) is 0 Å². The molecular weight excluding hydrogens is 388 g/mol. The summed E-state index contributed by atoms with van der Waals surface area (Å²) >= 11 is 1.63. The summed E-state index contributed by atoms with van der Waals surface area (Å²) in [6.45, 7) is 5.06. The quantitative estimate of drug-likeness (QED) is 0.465. The molecule has 152 valence electrons. The number of hydrogen-bond acceptors (Lipinski definition) is 8. The van der Waals surface area contributed by atoms with Crippen LogP contribution in [0.3, 0.4) is 0 Å². The Kier molecular flexibility index (Phi) is 6.18. The van der Waals surface area contributed by atoms with E-state index in [9.17, 15) is 4.79 Å². The standard InChI is InChI=1S/C19H24N8OS/c1-2-29-19-24-16(26-9-4-3-5-10-26)14-12-23-27(17(14)25-19)11-8-22-18(28)15-13-20-6-7-21-15/h6-7,12-13H,2-5,8-11H2,1H3,(H,22,28). The summed E-state index contributed by atoms with van der Waals surface area (Å²) in [6.07, 6.45) is 9.97. The first kappa shape index (κ1) is 19.6. The topological polar surface area (TPSA) is 102 Å². The predicted octanol–water partition coefficient (Wildman–Crippen LogP) is 2.15. The number of anilines is 1. The van der Waals surface area contributed by atoms with Crippen molar-refractivity contribution in [1.82, 2.24) is 35.0 Å². The number of aromatic nitrogens is 6. The Morgan fingerprint density at radius 1 is 1.17 bits per heavy atom. The maximum absolute atomic E-state index is 12.2. The summed E-state index contributed by atoms with van der Waals surface area (Å²) in [7, 11) is 0. The number of thioether (sulfide) groups is 1. The number of carbonyl (C=O) groups is 1. The predicted molar refractivity (Wildman–Crippen MR) is 112 cm³/mol. The van der Waals surface area contributed by atoms with Gasteiger partial charge in [-0.2, -0.15) is 5.10 Å². The number of rotatable bonds is 7. The number of amides is 1. The van der Waals surface area contributed by atoms with Crippen molar-refractivity contribution in [2.75, 3.05) is 30.3 Å². The summed E-state index contributed by atoms with van der Waals surface area (Å²) in [4.78, 5) is 32.0. The molecule has 4 heterocycles. The van der Waals surface area contributed by atoms with Crippen LogP contribution in [0.25, 0.3) is 11.0 Å². The fraction of sp³-hybridized carbons (Fsp3) is 0.474. The molecule has 0 spiro atoms. The molecule has 0 atom stereocenters. The zero-order valence-electron chi connectivity index (χ0n) is 16.4. The zero-order valence-corrected chi connectivity index (χ0v) is 17.2. The van der Waals surface area contributed by atoms with E-state index >= 15 is 0 Å². The van der Waals surface area contributed by atoms with E-state index < -0.39 is 0 Å². The van der Waals surface area contributed by atoms with Gasteiger partial charge in [-0.25, -0.2) is 19.6 Å². The molecule has 0 unspecified atom stereocenters. The smallest absolute Gasteiger partial charge is 0.271 e. The van der Waals surface area contributed by atoms with Gasteiger partial charge in [0.2, 0.25) is 0 Å². The number of nitrogens with one attached hydrogen (secondary N) is 1. The molecule has 0 radical (unpaired) electrons. The summed E-state index contributed by atoms with van der Waals surface area (Å²) in [5, 5.41) is 9.11. The number of carbonyl (C=O) groups excluding carboxylic acids is 1. The van der Waals surface area contributed by atoms with Crippen LogP contribution < -0.4 is 10.2 Å². The number of nitrogens with zero attached hydrogens (tertiary/aromatic N) is 7. The second-order valence-corrected chi connectivity index (χ2v) is 7.99. The van der Waals surface area contributed by atoms with Crippen LogP contribution in [-0.2, 0) is 6.54 Å². The molecular formula is C19H24N8OS. The molecule has 0 aromatic carbocycles. The molecule has 29 heavy (non-hydrogen) atoms.